The Morgan fingerprint density at radius 3 is 2.81 bits per heavy atom. The lowest BCUT2D eigenvalue weighted by atomic mass is 10.3. The molecule has 0 saturated heterocycles. The van der Waals surface area contributed by atoms with Gasteiger partial charge in [0.05, 0.1) is 12.4 Å². The summed E-state index contributed by atoms with van der Waals surface area (Å²) in [5.74, 6) is 0.163. The number of sulfone groups is 1. The average molecular weight is 249 g/mol. The van der Waals surface area contributed by atoms with Crippen LogP contribution < -0.4 is 5.32 Å². The van der Waals surface area contributed by atoms with Crippen LogP contribution in [0.3, 0.4) is 0 Å². The summed E-state index contributed by atoms with van der Waals surface area (Å²) in [6.45, 7) is 2.64. The van der Waals surface area contributed by atoms with E-state index in [0.717, 1.165) is 6.42 Å². The van der Waals surface area contributed by atoms with Gasteiger partial charge in [-0.05, 0) is 6.42 Å². The third-order valence-electron chi connectivity index (χ3n) is 2.22. The Kier molecular flexibility index (Phi) is 5.97. The number of methoxy groups -OCH3 is 1. The maximum atomic E-state index is 11.1. The Labute approximate surface area is 96.7 Å². The maximum Gasteiger partial charge on any atom is 0.173 e. The molecule has 1 heterocycles. The molecule has 1 aliphatic heterocycles. The Balaban J connectivity index is 1.95. The molecule has 1 rings (SSSR count). The summed E-state index contributed by atoms with van der Waals surface area (Å²) in [6.07, 6.45) is 2.56. The molecule has 1 N–H and O–H groups in total. The van der Waals surface area contributed by atoms with Crippen LogP contribution in [0.15, 0.2) is 11.5 Å². The van der Waals surface area contributed by atoms with Gasteiger partial charge in [0.25, 0.3) is 0 Å². The van der Waals surface area contributed by atoms with Gasteiger partial charge in [-0.25, -0.2) is 8.42 Å². The van der Waals surface area contributed by atoms with Crippen LogP contribution in [0.2, 0.25) is 0 Å². The number of rotatable bonds is 8. The molecule has 0 radical (unpaired) electrons. The molecule has 0 saturated carbocycles. The van der Waals surface area contributed by atoms with Crippen molar-refractivity contribution in [3.05, 3.63) is 11.5 Å². The molecule has 1 aliphatic rings. The van der Waals surface area contributed by atoms with E-state index >= 15 is 0 Å². The monoisotopic (exact) mass is 249 g/mol. The quantitative estimate of drug-likeness (QED) is 0.611. The van der Waals surface area contributed by atoms with E-state index in [0.29, 0.717) is 26.4 Å². The minimum atomic E-state index is -2.95. The highest BCUT2D eigenvalue weighted by Gasteiger charge is 2.20. The Morgan fingerprint density at radius 1 is 1.38 bits per heavy atom. The Hall–Kier alpha value is -0.430. The number of hydrogen-bond donors (Lipinski definition) is 1. The van der Waals surface area contributed by atoms with E-state index in [-0.39, 0.29) is 11.8 Å². The molecule has 0 amide bonds. The minimum Gasteiger partial charge on any atom is -0.385 e. The van der Waals surface area contributed by atoms with Gasteiger partial charge in [-0.15, -0.1) is 0 Å². The molecule has 0 aliphatic carbocycles. The largest absolute Gasteiger partial charge is 0.385 e. The molecular formula is C10H19NO4S. The normalized spacial score (nSPS) is 22.7. The number of nitrogens with one attached hydrogen (secondary N) is 1. The summed E-state index contributed by atoms with van der Waals surface area (Å²) in [4.78, 5) is 0. The summed E-state index contributed by atoms with van der Waals surface area (Å²) in [5.41, 5.74) is 0. The standard InChI is InChI=1S/C10H19NO4S/c1-14-5-2-6-15-7-4-11-10-3-8-16(12,13)9-10/h3,8,10-11H,2,4-7,9H2,1H3. The van der Waals surface area contributed by atoms with Gasteiger partial charge in [-0.1, -0.05) is 6.08 Å². The maximum absolute atomic E-state index is 11.1. The summed E-state index contributed by atoms with van der Waals surface area (Å²) in [6, 6.07) is -0.0624. The fourth-order valence-electron chi connectivity index (χ4n) is 1.43. The first-order valence-corrected chi connectivity index (χ1v) is 7.06. The minimum absolute atomic E-state index is 0.0624. The molecular weight excluding hydrogens is 230 g/mol. The fourth-order valence-corrected chi connectivity index (χ4v) is 2.70. The summed E-state index contributed by atoms with van der Waals surface area (Å²) >= 11 is 0. The van der Waals surface area contributed by atoms with E-state index in [1.54, 1.807) is 13.2 Å². The van der Waals surface area contributed by atoms with Crippen LogP contribution in [0.1, 0.15) is 6.42 Å². The van der Waals surface area contributed by atoms with Crippen molar-refractivity contribution in [3.63, 3.8) is 0 Å². The fraction of sp³-hybridized carbons (Fsp3) is 0.800. The highest BCUT2D eigenvalue weighted by Crippen LogP contribution is 2.07. The van der Waals surface area contributed by atoms with Gasteiger partial charge >= 0.3 is 0 Å². The van der Waals surface area contributed by atoms with Crippen molar-refractivity contribution in [2.24, 2.45) is 0 Å². The van der Waals surface area contributed by atoms with Crippen LogP contribution in [-0.4, -0.2) is 53.7 Å². The van der Waals surface area contributed by atoms with Crippen LogP contribution in [0.25, 0.3) is 0 Å². The highest BCUT2D eigenvalue weighted by atomic mass is 32.2. The van der Waals surface area contributed by atoms with Gasteiger partial charge in [0.1, 0.15) is 0 Å². The van der Waals surface area contributed by atoms with Crippen molar-refractivity contribution in [2.75, 3.05) is 39.2 Å². The Bertz CT molecular complexity index is 313. The zero-order valence-electron chi connectivity index (χ0n) is 9.52. The molecule has 6 heteroatoms. The topological polar surface area (TPSA) is 64.6 Å². The second kappa shape index (κ2) is 7.01. The van der Waals surface area contributed by atoms with Crippen LogP contribution in [0, 0.1) is 0 Å². The summed E-state index contributed by atoms with van der Waals surface area (Å²) in [7, 11) is -1.29. The molecule has 1 unspecified atom stereocenters. The SMILES string of the molecule is COCCCOCCNC1C=CS(=O)(=O)C1. The predicted molar refractivity (Wildman–Crippen MR) is 62.0 cm³/mol. The van der Waals surface area contributed by atoms with Gasteiger partial charge in [0, 0.05) is 38.3 Å². The summed E-state index contributed by atoms with van der Waals surface area (Å²) in [5, 5.41) is 4.37. The molecule has 94 valence electrons. The molecule has 0 fully saturated rings. The van der Waals surface area contributed by atoms with E-state index in [9.17, 15) is 8.42 Å². The van der Waals surface area contributed by atoms with Crippen molar-refractivity contribution < 1.29 is 17.9 Å². The Morgan fingerprint density at radius 2 is 2.19 bits per heavy atom. The lowest BCUT2D eigenvalue weighted by Gasteiger charge is -2.09. The lowest BCUT2D eigenvalue weighted by molar-refractivity contribution is 0.104. The van der Waals surface area contributed by atoms with E-state index in [1.807, 2.05) is 0 Å². The second-order valence-electron chi connectivity index (χ2n) is 3.68. The van der Waals surface area contributed by atoms with Crippen LogP contribution >= 0.6 is 0 Å². The van der Waals surface area contributed by atoms with Crippen molar-refractivity contribution in [1.82, 2.24) is 5.32 Å². The van der Waals surface area contributed by atoms with E-state index in [2.05, 4.69) is 5.32 Å². The molecule has 0 aromatic heterocycles. The van der Waals surface area contributed by atoms with Gasteiger partial charge in [-0.3, -0.25) is 0 Å². The number of ether oxygens (including phenoxy) is 2. The van der Waals surface area contributed by atoms with Crippen molar-refractivity contribution >= 4 is 9.84 Å². The molecule has 0 aromatic rings. The predicted octanol–water partition coefficient (Wildman–Crippen LogP) is -0.0602. The average Bonchev–Trinajstić information content (AvgIpc) is 2.57. The van der Waals surface area contributed by atoms with Crippen LogP contribution in [-0.2, 0) is 19.3 Å². The first-order chi connectivity index (χ1) is 7.64. The van der Waals surface area contributed by atoms with Gasteiger partial charge < -0.3 is 14.8 Å². The molecule has 0 bridgehead atoms. The van der Waals surface area contributed by atoms with Crippen LogP contribution in [0.4, 0.5) is 0 Å². The summed E-state index contributed by atoms with van der Waals surface area (Å²) < 4.78 is 32.4. The second-order valence-corrected chi connectivity index (χ2v) is 5.61. The van der Waals surface area contributed by atoms with Gasteiger partial charge in [0.15, 0.2) is 9.84 Å². The first kappa shape index (κ1) is 13.6. The zero-order chi connectivity index (χ0) is 11.9. The van der Waals surface area contributed by atoms with Crippen molar-refractivity contribution in [2.45, 2.75) is 12.5 Å². The molecule has 1 atom stereocenters. The lowest BCUT2D eigenvalue weighted by Crippen LogP contribution is -2.32. The van der Waals surface area contributed by atoms with E-state index in [4.69, 9.17) is 9.47 Å². The molecule has 16 heavy (non-hydrogen) atoms. The van der Waals surface area contributed by atoms with E-state index in [1.165, 1.54) is 5.41 Å². The molecule has 5 nitrogen and oxygen atoms in total. The zero-order valence-corrected chi connectivity index (χ0v) is 10.3. The van der Waals surface area contributed by atoms with Crippen molar-refractivity contribution in [1.29, 1.82) is 0 Å². The first-order valence-electron chi connectivity index (χ1n) is 5.35. The third-order valence-corrected chi connectivity index (χ3v) is 3.62. The third kappa shape index (κ3) is 5.60. The smallest absolute Gasteiger partial charge is 0.173 e. The van der Waals surface area contributed by atoms with Gasteiger partial charge in [-0.2, -0.15) is 0 Å². The van der Waals surface area contributed by atoms with Crippen LogP contribution in [0.5, 0.6) is 0 Å². The number of hydrogen-bond acceptors (Lipinski definition) is 5. The van der Waals surface area contributed by atoms with E-state index < -0.39 is 9.84 Å². The molecule has 0 spiro atoms. The van der Waals surface area contributed by atoms with Crippen molar-refractivity contribution in [3.8, 4) is 0 Å². The van der Waals surface area contributed by atoms with Gasteiger partial charge in [0.2, 0.25) is 0 Å². The molecule has 0 aromatic carbocycles. The highest BCUT2D eigenvalue weighted by molar-refractivity contribution is 7.94.